The fourth-order valence-electron chi connectivity index (χ4n) is 4.03. The van der Waals surface area contributed by atoms with Gasteiger partial charge in [0.25, 0.3) is 0 Å². The third-order valence-electron chi connectivity index (χ3n) is 5.45. The third-order valence-corrected chi connectivity index (χ3v) is 5.45. The van der Waals surface area contributed by atoms with Crippen molar-refractivity contribution in [3.63, 3.8) is 0 Å². The highest BCUT2D eigenvalue weighted by atomic mass is 16.5. The Hall–Kier alpha value is -2.96. The van der Waals surface area contributed by atoms with Crippen LogP contribution in [-0.4, -0.2) is 50.3 Å². The number of carbonyl (C=O) groups excluding carboxylic acids is 1. The lowest BCUT2D eigenvalue weighted by Gasteiger charge is -2.32. The summed E-state index contributed by atoms with van der Waals surface area (Å²) in [5, 5.41) is 4.87. The normalized spacial score (nSPS) is 16.9. The molecule has 3 aromatic rings. The number of hydrogen-bond acceptors (Lipinski definition) is 5. The quantitative estimate of drug-likeness (QED) is 0.598. The van der Waals surface area contributed by atoms with E-state index in [4.69, 9.17) is 9.84 Å². The van der Waals surface area contributed by atoms with Crippen molar-refractivity contribution in [1.82, 2.24) is 24.6 Å². The number of likely N-dealkylation sites (tertiary alicyclic amines) is 1. The molecule has 158 valence electrons. The highest BCUT2D eigenvalue weighted by Gasteiger charge is 2.29. The first-order chi connectivity index (χ1) is 14.6. The topological polar surface area (TPSA) is 73.1 Å². The molecule has 2 aromatic heterocycles. The van der Waals surface area contributed by atoms with Crippen molar-refractivity contribution in [1.29, 1.82) is 0 Å². The number of fused-ring (bicyclic) bond motifs is 1. The lowest BCUT2D eigenvalue weighted by Crippen LogP contribution is -2.39. The molecule has 7 heteroatoms. The second-order valence-corrected chi connectivity index (χ2v) is 8.28. The van der Waals surface area contributed by atoms with Crippen LogP contribution in [0.3, 0.4) is 0 Å². The fraction of sp³-hybridized carbons (Fsp3) is 0.478. The average molecular weight is 408 g/mol. The lowest BCUT2D eigenvalue weighted by molar-refractivity contribution is -0.133. The van der Waals surface area contributed by atoms with Crippen LogP contribution < -0.4 is 4.74 Å². The van der Waals surface area contributed by atoms with E-state index in [1.807, 2.05) is 39.9 Å². The molecule has 1 aliphatic rings. The van der Waals surface area contributed by atoms with Gasteiger partial charge in [-0.3, -0.25) is 4.79 Å². The van der Waals surface area contributed by atoms with Gasteiger partial charge in [-0.1, -0.05) is 32.0 Å². The van der Waals surface area contributed by atoms with E-state index in [1.54, 1.807) is 12.4 Å². The molecule has 1 saturated heterocycles. The number of nitrogens with zero attached hydrogens (tertiary/aromatic N) is 5. The fourth-order valence-corrected chi connectivity index (χ4v) is 4.03. The van der Waals surface area contributed by atoms with E-state index in [9.17, 15) is 4.79 Å². The van der Waals surface area contributed by atoms with E-state index in [2.05, 4.69) is 23.8 Å². The zero-order valence-electron chi connectivity index (χ0n) is 17.7. The average Bonchev–Trinajstić information content (AvgIpc) is 3.13. The van der Waals surface area contributed by atoms with Crippen LogP contribution in [-0.2, 0) is 11.3 Å². The Kier molecular flexibility index (Phi) is 6.26. The molecule has 0 radical (unpaired) electrons. The van der Waals surface area contributed by atoms with Gasteiger partial charge in [0.05, 0.1) is 12.2 Å². The van der Waals surface area contributed by atoms with Crippen molar-refractivity contribution >= 4 is 17.1 Å². The first-order valence-corrected chi connectivity index (χ1v) is 10.7. The molecular formula is C23H29N5O2. The molecule has 0 N–H and O–H groups in total. The van der Waals surface area contributed by atoms with Crippen molar-refractivity contribution in [3.8, 4) is 5.75 Å². The lowest BCUT2D eigenvalue weighted by atomic mass is 9.93. The molecule has 1 aromatic carbocycles. The summed E-state index contributed by atoms with van der Waals surface area (Å²) in [5.74, 6) is 1.63. The SMILES string of the molecule is CC(C)CC(=O)N1CCC[C@H](c2nn(CCOc3ccccc3)c3nccnc23)C1. The monoisotopic (exact) mass is 407 g/mol. The van der Waals surface area contributed by atoms with Crippen LogP contribution in [0.2, 0.25) is 0 Å². The standard InChI is InChI=1S/C23H29N5O2/c1-17(2)15-20(29)27-12-6-7-18(16-27)21-22-23(25-11-10-24-22)28(26-21)13-14-30-19-8-4-3-5-9-19/h3-5,8-11,17-18H,6-7,12-16H2,1-2H3/t18-/m0/s1. The Morgan fingerprint density at radius 3 is 2.80 bits per heavy atom. The maximum absolute atomic E-state index is 12.6. The molecule has 7 nitrogen and oxygen atoms in total. The minimum absolute atomic E-state index is 0.186. The minimum Gasteiger partial charge on any atom is -0.492 e. The van der Waals surface area contributed by atoms with Crippen molar-refractivity contribution < 1.29 is 9.53 Å². The van der Waals surface area contributed by atoms with Gasteiger partial charge in [0.1, 0.15) is 17.9 Å². The summed E-state index contributed by atoms with van der Waals surface area (Å²) < 4.78 is 7.72. The number of rotatable bonds is 7. The zero-order valence-corrected chi connectivity index (χ0v) is 17.7. The van der Waals surface area contributed by atoms with Gasteiger partial charge < -0.3 is 9.64 Å². The Labute approximate surface area is 177 Å². The molecule has 0 bridgehead atoms. The van der Waals surface area contributed by atoms with Gasteiger partial charge in [-0.2, -0.15) is 5.10 Å². The number of ether oxygens (including phenoxy) is 1. The van der Waals surface area contributed by atoms with Crippen molar-refractivity contribution in [2.75, 3.05) is 19.7 Å². The number of benzene rings is 1. The number of piperidine rings is 1. The number of carbonyl (C=O) groups is 1. The summed E-state index contributed by atoms with van der Waals surface area (Å²) in [4.78, 5) is 23.7. The molecule has 1 atom stereocenters. The first kappa shape index (κ1) is 20.3. The summed E-state index contributed by atoms with van der Waals surface area (Å²) in [5.41, 5.74) is 2.55. The van der Waals surface area contributed by atoms with Crippen LogP contribution in [0, 0.1) is 5.92 Å². The molecule has 4 rings (SSSR count). The first-order valence-electron chi connectivity index (χ1n) is 10.7. The molecule has 1 aliphatic heterocycles. The molecular weight excluding hydrogens is 378 g/mol. The van der Waals surface area contributed by atoms with E-state index < -0.39 is 0 Å². The van der Waals surface area contributed by atoms with Crippen molar-refractivity contribution in [3.05, 3.63) is 48.4 Å². The van der Waals surface area contributed by atoms with Crippen LogP contribution in [0.5, 0.6) is 5.75 Å². The summed E-state index contributed by atoms with van der Waals surface area (Å²) in [6.07, 6.45) is 6.00. The number of para-hydroxylation sites is 1. The molecule has 0 spiro atoms. The largest absolute Gasteiger partial charge is 0.492 e. The maximum atomic E-state index is 12.6. The van der Waals surface area contributed by atoms with Gasteiger partial charge in [0, 0.05) is 37.8 Å². The molecule has 1 fully saturated rings. The predicted molar refractivity (Wildman–Crippen MR) is 115 cm³/mol. The van der Waals surface area contributed by atoms with Gasteiger partial charge >= 0.3 is 0 Å². The minimum atomic E-state index is 0.186. The summed E-state index contributed by atoms with van der Waals surface area (Å²) >= 11 is 0. The molecule has 0 unspecified atom stereocenters. The van der Waals surface area contributed by atoms with Crippen molar-refractivity contribution in [2.24, 2.45) is 5.92 Å². The highest BCUT2D eigenvalue weighted by molar-refractivity contribution is 5.77. The van der Waals surface area contributed by atoms with Crippen LogP contribution >= 0.6 is 0 Å². The van der Waals surface area contributed by atoms with Crippen LogP contribution in [0.4, 0.5) is 0 Å². The summed E-state index contributed by atoms with van der Waals surface area (Å²) in [7, 11) is 0. The molecule has 3 heterocycles. The second kappa shape index (κ2) is 9.24. The second-order valence-electron chi connectivity index (χ2n) is 8.28. The smallest absolute Gasteiger partial charge is 0.222 e. The third kappa shape index (κ3) is 4.61. The maximum Gasteiger partial charge on any atom is 0.222 e. The molecule has 30 heavy (non-hydrogen) atoms. The van der Waals surface area contributed by atoms with Crippen molar-refractivity contribution in [2.45, 2.75) is 45.6 Å². The van der Waals surface area contributed by atoms with Gasteiger partial charge in [-0.25, -0.2) is 14.6 Å². The van der Waals surface area contributed by atoms with Gasteiger partial charge in [0.15, 0.2) is 5.65 Å². The number of amides is 1. The van der Waals surface area contributed by atoms with Crippen LogP contribution in [0.1, 0.15) is 44.7 Å². The summed E-state index contributed by atoms with van der Waals surface area (Å²) in [6.45, 7) is 6.79. The number of aromatic nitrogens is 4. The Morgan fingerprint density at radius 1 is 1.20 bits per heavy atom. The Morgan fingerprint density at radius 2 is 2.00 bits per heavy atom. The Bertz CT molecular complexity index is 986. The van der Waals surface area contributed by atoms with Crippen LogP contribution in [0.25, 0.3) is 11.2 Å². The molecule has 0 saturated carbocycles. The highest BCUT2D eigenvalue weighted by Crippen LogP contribution is 2.30. The van der Waals surface area contributed by atoms with E-state index in [0.717, 1.165) is 42.0 Å². The Balaban J connectivity index is 1.50. The zero-order chi connectivity index (χ0) is 20.9. The van der Waals surface area contributed by atoms with Gasteiger partial charge in [-0.15, -0.1) is 0 Å². The van der Waals surface area contributed by atoms with Gasteiger partial charge in [-0.05, 0) is 30.9 Å². The molecule has 0 aliphatic carbocycles. The molecule has 1 amide bonds. The van der Waals surface area contributed by atoms with Crippen LogP contribution in [0.15, 0.2) is 42.7 Å². The number of hydrogen-bond donors (Lipinski definition) is 0. The van der Waals surface area contributed by atoms with Gasteiger partial charge in [0.2, 0.25) is 5.91 Å². The van der Waals surface area contributed by atoms with E-state index in [-0.39, 0.29) is 11.8 Å². The summed E-state index contributed by atoms with van der Waals surface area (Å²) in [6, 6.07) is 9.76. The van der Waals surface area contributed by atoms with E-state index >= 15 is 0 Å². The predicted octanol–water partition coefficient (Wildman–Crippen LogP) is 3.66. The van der Waals surface area contributed by atoms with E-state index in [1.165, 1.54) is 0 Å². The van der Waals surface area contributed by atoms with E-state index in [0.29, 0.717) is 32.0 Å².